The van der Waals surface area contributed by atoms with E-state index in [1.54, 1.807) is 12.1 Å². The number of rotatable bonds is 4. The molecule has 0 radical (unpaired) electrons. The van der Waals surface area contributed by atoms with Crippen molar-refractivity contribution in [1.29, 1.82) is 0 Å². The Labute approximate surface area is 146 Å². The third kappa shape index (κ3) is 3.68. The lowest BCUT2D eigenvalue weighted by molar-refractivity contribution is -0.231. The van der Waals surface area contributed by atoms with Crippen molar-refractivity contribution in [2.45, 2.75) is 36.9 Å². The zero-order valence-electron chi connectivity index (χ0n) is 13.7. The molecule has 1 heterocycles. The minimum atomic E-state index is -1.40. The van der Waals surface area contributed by atoms with Gasteiger partial charge in [0.25, 0.3) is 0 Å². The summed E-state index contributed by atoms with van der Waals surface area (Å²) in [5.74, 6) is 0. The van der Waals surface area contributed by atoms with Gasteiger partial charge in [-0.25, -0.2) is 0 Å². The number of nitrogen functional groups attached to an aromatic ring is 1. The molecule has 2 aromatic rings. The Balaban J connectivity index is 1.88. The fourth-order valence-electron chi connectivity index (χ4n) is 3.15. The molecule has 1 aliphatic heterocycles. The van der Waals surface area contributed by atoms with Crippen LogP contribution in [0.1, 0.15) is 22.8 Å². The second-order valence-electron chi connectivity index (χ2n) is 6.37. The number of ether oxygens (including phenoxy) is 1. The van der Waals surface area contributed by atoms with Crippen molar-refractivity contribution in [3.63, 3.8) is 0 Å². The summed E-state index contributed by atoms with van der Waals surface area (Å²) in [4.78, 5) is 0. The van der Waals surface area contributed by atoms with Gasteiger partial charge in [0, 0.05) is 5.69 Å². The Bertz CT molecular complexity index is 706. The first-order chi connectivity index (χ1) is 12.0. The molecule has 1 aliphatic rings. The maximum absolute atomic E-state index is 10.3. The van der Waals surface area contributed by atoms with Crippen LogP contribution < -0.4 is 5.73 Å². The summed E-state index contributed by atoms with van der Waals surface area (Å²) in [6.07, 6.45) is -5.23. The molecule has 0 spiro atoms. The first-order valence-electron chi connectivity index (χ1n) is 8.24. The highest BCUT2D eigenvalue weighted by Crippen LogP contribution is 2.34. The van der Waals surface area contributed by atoms with Crippen LogP contribution in [-0.2, 0) is 11.2 Å². The highest BCUT2D eigenvalue weighted by molar-refractivity contribution is 5.51. The minimum Gasteiger partial charge on any atom is -0.398 e. The topological polar surface area (TPSA) is 116 Å². The van der Waals surface area contributed by atoms with E-state index in [0.717, 1.165) is 11.1 Å². The van der Waals surface area contributed by atoms with Gasteiger partial charge in [0.2, 0.25) is 0 Å². The molecule has 0 aliphatic carbocycles. The Morgan fingerprint density at radius 3 is 2.32 bits per heavy atom. The highest BCUT2D eigenvalue weighted by atomic mass is 16.5. The molecule has 5 atom stereocenters. The monoisotopic (exact) mass is 345 g/mol. The summed E-state index contributed by atoms with van der Waals surface area (Å²) in [5, 5.41) is 39.5. The molecule has 0 bridgehead atoms. The van der Waals surface area contributed by atoms with Gasteiger partial charge in [-0.2, -0.15) is 0 Å². The predicted molar refractivity (Wildman–Crippen MR) is 92.8 cm³/mol. The summed E-state index contributed by atoms with van der Waals surface area (Å²) in [7, 11) is 0. The van der Waals surface area contributed by atoms with Crippen molar-refractivity contribution in [2.24, 2.45) is 0 Å². The molecule has 1 fully saturated rings. The zero-order chi connectivity index (χ0) is 18.0. The summed E-state index contributed by atoms with van der Waals surface area (Å²) in [5.41, 5.74) is 9.30. The van der Waals surface area contributed by atoms with E-state index >= 15 is 0 Å². The van der Waals surface area contributed by atoms with Crippen LogP contribution in [0.25, 0.3) is 0 Å². The smallest absolute Gasteiger partial charge is 0.113 e. The second kappa shape index (κ2) is 7.51. The number of aliphatic hydroxyl groups is 4. The molecule has 2 aromatic carbocycles. The van der Waals surface area contributed by atoms with Gasteiger partial charge >= 0.3 is 0 Å². The summed E-state index contributed by atoms with van der Waals surface area (Å²) in [6, 6.07) is 15.1. The second-order valence-corrected chi connectivity index (χ2v) is 6.37. The van der Waals surface area contributed by atoms with E-state index in [-0.39, 0.29) is 0 Å². The first kappa shape index (κ1) is 17.8. The molecule has 1 saturated heterocycles. The van der Waals surface area contributed by atoms with Crippen molar-refractivity contribution in [1.82, 2.24) is 0 Å². The van der Waals surface area contributed by atoms with E-state index in [1.165, 1.54) is 0 Å². The number of anilines is 1. The van der Waals surface area contributed by atoms with E-state index in [0.29, 0.717) is 17.7 Å². The summed E-state index contributed by atoms with van der Waals surface area (Å²) < 4.78 is 5.61. The van der Waals surface area contributed by atoms with Crippen LogP contribution in [-0.4, -0.2) is 51.4 Å². The fraction of sp³-hybridized carbons (Fsp3) is 0.368. The van der Waals surface area contributed by atoms with E-state index < -0.39 is 37.1 Å². The Morgan fingerprint density at radius 2 is 1.64 bits per heavy atom. The van der Waals surface area contributed by atoms with Crippen molar-refractivity contribution in [3.05, 3.63) is 65.2 Å². The molecular weight excluding hydrogens is 322 g/mol. The molecule has 0 aromatic heterocycles. The molecule has 0 saturated carbocycles. The van der Waals surface area contributed by atoms with Crippen LogP contribution in [0, 0.1) is 0 Å². The Hall–Kier alpha value is -1.96. The molecule has 134 valence electrons. The van der Waals surface area contributed by atoms with Crippen LogP contribution in [0.5, 0.6) is 0 Å². The van der Waals surface area contributed by atoms with E-state index in [1.807, 2.05) is 36.4 Å². The number of aliphatic hydroxyl groups excluding tert-OH is 4. The molecule has 1 unspecified atom stereocenters. The van der Waals surface area contributed by atoms with E-state index in [4.69, 9.17) is 10.5 Å². The van der Waals surface area contributed by atoms with Crippen molar-refractivity contribution >= 4 is 5.69 Å². The lowest BCUT2D eigenvalue weighted by Gasteiger charge is -2.40. The normalized spacial score (nSPS) is 29.5. The van der Waals surface area contributed by atoms with Crippen LogP contribution >= 0.6 is 0 Å². The number of hydrogen-bond donors (Lipinski definition) is 5. The summed E-state index contributed by atoms with van der Waals surface area (Å²) in [6.45, 7) is -0.451. The quantitative estimate of drug-likeness (QED) is 0.512. The van der Waals surface area contributed by atoms with Gasteiger partial charge in [-0.3, -0.25) is 0 Å². The first-order valence-corrected chi connectivity index (χ1v) is 8.24. The molecule has 6 N–H and O–H groups in total. The average molecular weight is 345 g/mol. The zero-order valence-corrected chi connectivity index (χ0v) is 13.7. The maximum atomic E-state index is 10.3. The van der Waals surface area contributed by atoms with Crippen molar-refractivity contribution < 1.29 is 25.2 Å². The van der Waals surface area contributed by atoms with Crippen LogP contribution in [0.3, 0.4) is 0 Å². The average Bonchev–Trinajstić information content (AvgIpc) is 2.63. The van der Waals surface area contributed by atoms with Crippen LogP contribution in [0.4, 0.5) is 5.69 Å². The molecule has 6 nitrogen and oxygen atoms in total. The van der Waals surface area contributed by atoms with E-state index in [9.17, 15) is 20.4 Å². The molecule has 25 heavy (non-hydrogen) atoms. The largest absolute Gasteiger partial charge is 0.398 e. The third-order valence-corrected chi connectivity index (χ3v) is 4.63. The van der Waals surface area contributed by atoms with Gasteiger partial charge in [-0.1, -0.05) is 42.5 Å². The maximum Gasteiger partial charge on any atom is 0.113 e. The molecule has 3 rings (SSSR count). The minimum absolute atomic E-state index is 0.451. The highest BCUT2D eigenvalue weighted by Gasteiger charge is 2.43. The van der Waals surface area contributed by atoms with Gasteiger partial charge in [-0.15, -0.1) is 0 Å². The Kier molecular flexibility index (Phi) is 5.36. The van der Waals surface area contributed by atoms with Gasteiger partial charge in [0.05, 0.1) is 6.61 Å². The Morgan fingerprint density at radius 1 is 0.920 bits per heavy atom. The molecular formula is C19H23NO5. The summed E-state index contributed by atoms with van der Waals surface area (Å²) >= 11 is 0. The van der Waals surface area contributed by atoms with Gasteiger partial charge in [0.1, 0.15) is 30.5 Å². The van der Waals surface area contributed by atoms with E-state index in [2.05, 4.69) is 0 Å². The number of nitrogens with two attached hydrogens (primary N) is 1. The van der Waals surface area contributed by atoms with Crippen LogP contribution in [0.2, 0.25) is 0 Å². The number of benzene rings is 2. The third-order valence-electron chi connectivity index (χ3n) is 4.63. The molecule has 6 heteroatoms. The van der Waals surface area contributed by atoms with Crippen molar-refractivity contribution in [3.8, 4) is 0 Å². The van der Waals surface area contributed by atoms with Crippen LogP contribution in [0.15, 0.2) is 48.5 Å². The van der Waals surface area contributed by atoms with Crippen molar-refractivity contribution in [2.75, 3.05) is 12.3 Å². The number of hydrogen-bond acceptors (Lipinski definition) is 6. The predicted octanol–water partition coefficient (Wildman–Crippen LogP) is 0.374. The standard InChI is InChI=1S/C19H23NO5/c20-14-7-6-12(9-13(14)8-11-4-2-1-3-5-11)19-18(24)17(23)16(22)15(10-21)25-19/h1-7,9,15-19,21-24H,8,10,20H2/t15-,16-,17?,18-,19+/m1/s1. The lowest BCUT2D eigenvalue weighted by atomic mass is 9.90. The fourth-order valence-corrected chi connectivity index (χ4v) is 3.15. The van der Waals surface area contributed by atoms with Gasteiger partial charge in [-0.05, 0) is 29.2 Å². The molecule has 0 amide bonds. The SMILES string of the molecule is Nc1ccc([C@@H]2O[C@H](CO)[C@@H](O)C(O)[C@H]2O)cc1Cc1ccccc1. The lowest BCUT2D eigenvalue weighted by Crippen LogP contribution is -2.55. The van der Waals surface area contributed by atoms with Gasteiger partial charge in [0.15, 0.2) is 0 Å². The van der Waals surface area contributed by atoms with Gasteiger partial charge < -0.3 is 30.9 Å².